The molecule has 0 saturated carbocycles. The molecular weight excluding hydrogens is 276 g/mol. The third kappa shape index (κ3) is 3.86. The molecule has 1 aliphatic heterocycles. The lowest BCUT2D eigenvalue weighted by atomic mass is 9.91. The number of amides is 1. The number of nitrogens with zero attached hydrogens (tertiary/aromatic N) is 2. The summed E-state index contributed by atoms with van der Waals surface area (Å²) < 4.78 is 6.04. The molecule has 0 radical (unpaired) electrons. The Hall–Kier alpha value is -1.86. The van der Waals surface area contributed by atoms with Gasteiger partial charge in [-0.25, -0.2) is 0 Å². The second kappa shape index (κ2) is 6.50. The molecule has 1 fully saturated rings. The first-order chi connectivity index (χ1) is 10.3. The molecule has 1 saturated heterocycles. The van der Waals surface area contributed by atoms with Crippen LogP contribution in [-0.2, 0) is 9.53 Å². The van der Waals surface area contributed by atoms with Crippen LogP contribution >= 0.6 is 0 Å². The lowest BCUT2D eigenvalue weighted by Gasteiger charge is -2.27. The van der Waals surface area contributed by atoms with Crippen molar-refractivity contribution < 1.29 is 9.53 Å². The first-order valence-corrected chi connectivity index (χ1v) is 7.79. The summed E-state index contributed by atoms with van der Waals surface area (Å²) >= 11 is 0. The Bertz CT molecular complexity index is 583. The maximum Gasteiger partial charge on any atom is 0.225 e. The highest BCUT2D eigenvalue weighted by molar-refractivity contribution is 5.77. The van der Waals surface area contributed by atoms with Crippen molar-refractivity contribution in [3.8, 4) is 6.07 Å². The SMILES string of the molecule is CCC1CN(C(=O)CC(C)(C)C)C(c2cccc(C#N)c2)O1. The first-order valence-electron chi connectivity index (χ1n) is 7.79. The van der Waals surface area contributed by atoms with Crippen LogP contribution in [0.15, 0.2) is 24.3 Å². The molecule has 1 amide bonds. The van der Waals surface area contributed by atoms with Crippen molar-refractivity contribution in [2.75, 3.05) is 6.54 Å². The predicted octanol–water partition coefficient (Wildman–Crippen LogP) is 3.63. The van der Waals surface area contributed by atoms with Gasteiger partial charge in [0.25, 0.3) is 0 Å². The third-order valence-electron chi connectivity index (χ3n) is 3.76. The van der Waals surface area contributed by atoms with Crippen LogP contribution in [0.5, 0.6) is 0 Å². The molecule has 1 aromatic carbocycles. The van der Waals surface area contributed by atoms with Gasteiger partial charge < -0.3 is 9.64 Å². The maximum absolute atomic E-state index is 12.6. The summed E-state index contributed by atoms with van der Waals surface area (Å²) in [6.45, 7) is 8.86. The predicted molar refractivity (Wildman–Crippen MR) is 84.8 cm³/mol. The molecular formula is C18H24N2O2. The molecule has 22 heavy (non-hydrogen) atoms. The Balaban J connectivity index is 2.26. The smallest absolute Gasteiger partial charge is 0.225 e. The zero-order valence-electron chi connectivity index (χ0n) is 13.8. The molecule has 1 aromatic rings. The summed E-state index contributed by atoms with van der Waals surface area (Å²) in [6.07, 6.45) is 1.03. The molecule has 0 aliphatic carbocycles. The van der Waals surface area contributed by atoms with Crippen molar-refractivity contribution in [1.82, 2.24) is 4.90 Å². The normalized spacial score (nSPS) is 21.7. The largest absolute Gasteiger partial charge is 0.349 e. The van der Waals surface area contributed by atoms with Gasteiger partial charge in [-0.15, -0.1) is 0 Å². The molecule has 2 atom stereocenters. The van der Waals surface area contributed by atoms with Crippen LogP contribution in [0.2, 0.25) is 0 Å². The highest BCUT2D eigenvalue weighted by Gasteiger charge is 2.37. The van der Waals surface area contributed by atoms with Crippen molar-refractivity contribution in [3.05, 3.63) is 35.4 Å². The molecule has 0 bridgehead atoms. The zero-order valence-corrected chi connectivity index (χ0v) is 13.8. The van der Waals surface area contributed by atoms with Crippen molar-refractivity contribution in [3.63, 3.8) is 0 Å². The van der Waals surface area contributed by atoms with E-state index < -0.39 is 0 Å². The van der Waals surface area contributed by atoms with Gasteiger partial charge >= 0.3 is 0 Å². The van der Waals surface area contributed by atoms with Gasteiger partial charge in [-0.2, -0.15) is 5.26 Å². The average Bonchev–Trinajstić information content (AvgIpc) is 2.90. The summed E-state index contributed by atoms with van der Waals surface area (Å²) in [4.78, 5) is 14.5. The van der Waals surface area contributed by atoms with Gasteiger partial charge in [0.05, 0.1) is 17.7 Å². The third-order valence-corrected chi connectivity index (χ3v) is 3.76. The molecule has 118 valence electrons. The van der Waals surface area contributed by atoms with E-state index in [-0.39, 0.29) is 23.7 Å². The van der Waals surface area contributed by atoms with E-state index in [1.165, 1.54) is 0 Å². The van der Waals surface area contributed by atoms with Crippen LogP contribution in [0.4, 0.5) is 0 Å². The molecule has 4 nitrogen and oxygen atoms in total. The van der Waals surface area contributed by atoms with E-state index in [0.717, 1.165) is 12.0 Å². The number of rotatable bonds is 3. The number of ether oxygens (including phenoxy) is 1. The van der Waals surface area contributed by atoms with Crippen LogP contribution in [0, 0.1) is 16.7 Å². The molecule has 2 unspecified atom stereocenters. The zero-order chi connectivity index (χ0) is 16.3. The van der Waals surface area contributed by atoms with Gasteiger partial charge in [-0.05, 0) is 24.0 Å². The Morgan fingerprint density at radius 2 is 2.18 bits per heavy atom. The Kier molecular flexibility index (Phi) is 4.87. The minimum atomic E-state index is -0.381. The molecule has 0 spiro atoms. The van der Waals surface area contributed by atoms with Gasteiger partial charge in [0.15, 0.2) is 6.23 Å². The fraction of sp³-hybridized carbons (Fsp3) is 0.556. The Morgan fingerprint density at radius 1 is 1.45 bits per heavy atom. The number of nitriles is 1. The van der Waals surface area contributed by atoms with Gasteiger partial charge in [-0.3, -0.25) is 4.79 Å². The molecule has 4 heteroatoms. The number of benzene rings is 1. The fourth-order valence-electron chi connectivity index (χ4n) is 2.65. The van der Waals surface area contributed by atoms with E-state index in [0.29, 0.717) is 18.5 Å². The van der Waals surface area contributed by atoms with Crippen LogP contribution in [0.3, 0.4) is 0 Å². The summed E-state index contributed by atoms with van der Waals surface area (Å²) in [7, 11) is 0. The number of hydrogen-bond acceptors (Lipinski definition) is 3. The minimum absolute atomic E-state index is 0.0551. The van der Waals surface area contributed by atoms with Gasteiger partial charge in [0.1, 0.15) is 0 Å². The second-order valence-electron chi connectivity index (χ2n) is 7.04. The van der Waals surface area contributed by atoms with Crippen molar-refractivity contribution >= 4 is 5.91 Å². The second-order valence-corrected chi connectivity index (χ2v) is 7.04. The van der Waals surface area contributed by atoms with E-state index in [9.17, 15) is 4.79 Å². The van der Waals surface area contributed by atoms with Crippen LogP contribution in [0.25, 0.3) is 0 Å². The topological polar surface area (TPSA) is 53.3 Å². The number of carbonyl (C=O) groups is 1. The molecule has 1 heterocycles. The van der Waals surface area contributed by atoms with E-state index in [4.69, 9.17) is 10.00 Å². The lowest BCUT2D eigenvalue weighted by Crippen LogP contribution is -2.34. The molecule has 0 aromatic heterocycles. The van der Waals surface area contributed by atoms with Crippen molar-refractivity contribution in [2.45, 2.75) is 52.9 Å². The Labute approximate surface area is 132 Å². The minimum Gasteiger partial charge on any atom is -0.349 e. The van der Waals surface area contributed by atoms with Crippen molar-refractivity contribution in [1.29, 1.82) is 5.26 Å². The van der Waals surface area contributed by atoms with E-state index in [2.05, 4.69) is 33.8 Å². The van der Waals surface area contributed by atoms with Crippen LogP contribution in [-0.4, -0.2) is 23.5 Å². The maximum atomic E-state index is 12.6. The van der Waals surface area contributed by atoms with Crippen molar-refractivity contribution in [2.24, 2.45) is 5.41 Å². The standard InChI is InChI=1S/C18H24N2O2/c1-5-15-12-20(16(21)10-18(2,3)4)17(22-15)14-8-6-7-13(9-14)11-19/h6-9,15,17H,5,10,12H2,1-4H3. The average molecular weight is 300 g/mol. The highest BCUT2D eigenvalue weighted by atomic mass is 16.5. The van der Waals surface area contributed by atoms with Gasteiger partial charge in [0, 0.05) is 18.5 Å². The summed E-state index contributed by atoms with van der Waals surface area (Å²) in [5.41, 5.74) is 1.40. The monoisotopic (exact) mass is 300 g/mol. The highest BCUT2D eigenvalue weighted by Crippen LogP contribution is 2.34. The molecule has 2 rings (SSSR count). The fourth-order valence-corrected chi connectivity index (χ4v) is 2.65. The van der Waals surface area contributed by atoms with Crippen LogP contribution < -0.4 is 0 Å². The summed E-state index contributed by atoms with van der Waals surface area (Å²) in [5.74, 6) is 0.107. The summed E-state index contributed by atoms with van der Waals surface area (Å²) in [5, 5.41) is 9.06. The van der Waals surface area contributed by atoms with E-state index in [1.807, 2.05) is 17.0 Å². The van der Waals surface area contributed by atoms with Gasteiger partial charge in [-0.1, -0.05) is 39.8 Å². The molecule has 0 N–H and O–H groups in total. The lowest BCUT2D eigenvalue weighted by molar-refractivity contribution is -0.138. The number of hydrogen-bond donors (Lipinski definition) is 0. The number of carbonyl (C=O) groups excluding carboxylic acids is 1. The van der Waals surface area contributed by atoms with E-state index in [1.54, 1.807) is 12.1 Å². The van der Waals surface area contributed by atoms with Gasteiger partial charge in [0.2, 0.25) is 5.91 Å². The van der Waals surface area contributed by atoms with Crippen LogP contribution in [0.1, 0.15) is 57.9 Å². The molecule has 1 aliphatic rings. The quantitative estimate of drug-likeness (QED) is 0.856. The first kappa shape index (κ1) is 16.5. The van der Waals surface area contributed by atoms with E-state index >= 15 is 0 Å². The summed E-state index contributed by atoms with van der Waals surface area (Å²) in [6, 6.07) is 9.46. The Morgan fingerprint density at radius 3 is 2.77 bits per heavy atom.